The van der Waals surface area contributed by atoms with E-state index in [-0.39, 0.29) is 18.1 Å². The van der Waals surface area contributed by atoms with Gasteiger partial charge >= 0.3 is 5.97 Å². The lowest BCUT2D eigenvalue weighted by atomic mass is 9.82. The number of nitro groups is 1. The Morgan fingerprint density at radius 1 is 1.11 bits per heavy atom. The maximum atomic E-state index is 12.9. The Morgan fingerprint density at radius 3 is 2.30 bits per heavy atom. The van der Waals surface area contributed by atoms with E-state index in [0.29, 0.717) is 11.1 Å². The number of ketones is 1. The van der Waals surface area contributed by atoms with E-state index < -0.39 is 22.7 Å². The van der Waals surface area contributed by atoms with E-state index in [1.54, 1.807) is 26.0 Å². The minimum atomic E-state index is -0.985. The third kappa shape index (κ3) is 3.38. The molecule has 138 valence electrons. The topological polar surface area (TPSA) is 86.5 Å². The number of ether oxygens (including phenoxy) is 1. The number of allylic oxidation sites excluding steroid dienone is 2. The molecule has 0 amide bonds. The minimum Gasteiger partial charge on any atom is -0.465 e. The summed E-state index contributed by atoms with van der Waals surface area (Å²) in [5, 5.41) is 10.9. The number of non-ortho nitro benzene ring substituents is 1. The van der Waals surface area contributed by atoms with Crippen molar-refractivity contribution < 1.29 is 19.2 Å². The second-order valence-corrected chi connectivity index (χ2v) is 6.32. The number of Topliss-reactive ketones (excluding diaryl/α,β-unsaturated/α-hetero) is 1. The molecule has 0 unspecified atom stereocenters. The SMILES string of the molecule is CCOC(=O)[C@@H]1C(=O)C(C)=C(c2ccccc2)[C@H]1c1ccc([N+](=O)[O-])cc1. The Balaban J connectivity index is 2.14. The van der Waals surface area contributed by atoms with Crippen molar-refractivity contribution in [1.82, 2.24) is 0 Å². The molecule has 0 heterocycles. The highest BCUT2D eigenvalue weighted by atomic mass is 16.6. The van der Waals surface area contributed by atoms with Gasteiger partial charge in [0.15, 0.2) is 5.78 Å². The number of carbonyl (C=O) groups is 2. The number of nitrogens with zero attached hydrogens (tertiary/aromatic N) is 1. The second-order valence-electron chi connectivity index (χ2n) is 6.32. The normalized spacial score (nSPS) is 19.3. The minimum absolute atomic E-state index is 0.0438. The monoisotopic (exact) mass is 365 g/mol. The molecule has 6 nitrogen and oxygen atoms in total. The van der Waals surface area contributed by atoms with Crippen molar-refractivity contribution in [3.63, 3.8) is 0 Å². The number of nitro benzene ring substituents is 1. The van der Waals surface area contributed by atoms with Crippen LogP contribution in [0.1, 0.15) is 30.9 Å². The molecule has 0 saturated carbocycles. The van der Waals surface area contributed by atoms with Gasteiger partial charge in [-0.1, -0.05) is 42.5 Å². The van der Waals surface area contributed by atoms with E-state index >= 15 is 0 Å². The summed E-state index contributed by atoms with van der Waals surface area (Å²) < 4.78 is 5.15. The number of carbonyl (C=O) groups excluding carboxylic acids is 2. The first kappa shape index (κ1) is 18.5. The van der Waals surface area contributed by atoms with Crippen molar-refractivity contribution in [2.75, 3.05) is 6.61 Å². The lowest BCUT2D eigenvalue weighted by Gasteiger charge is -2.21. The van der Waals surface area contributed by atoms with Crippen LogP contribution < -0.4 is 0 Å². The van der Waals surface area contributed by atoms with Crippen molar-refractivity contribution in [1.29, 1.82) is 0 Å². The molecular formula is C21H19NO5. The fourth-order valence-electron chi connectivity index (χ4n) is 3.57. The Morgan fingerprint density at radius 2 is 1.74 bits per heavy atom. The van der Waals surface area contributed by atoms with Crippen molar-refractivity contribution in [3.8, 4) is 0 Å². The first-order valence-electron chi connectivity index (χ1n) is 8.67. The van der Waals surface area contributed by atoms with Gasteiger partial charge in [-0.15, -0.1) is 0 Å². The van der Waals surface area contributed by atoms with Gasteiger partial charge < -0.3 is 4.74 Å². The fourth-order valence-corrected chi connectivity index (χ4v) is 3.57. The Hall–Kier alpha value is -3.28. The van der Waals surface area contributed by atoms with Gasteiger partial charge in [0, 0.05) is 18.1 Å². The summed E-state index contributed by atoms with van der Waals surface area (Å²) in [6, 6.07) is 15.4. The third-order valence-electron chi connectivity index (χ3n) is 4.79. The van der Waals surface area contributed by atoms with Crippen LogP contribution in [-0.2, 0) is 14.3 Å². The Bertz CT molecular complexity index is 915. The van der Waals surface area contributed by atoms with Gasteiger partial charge in [-0.25, -0.2) is 0 Å². The first-order valence-corrected chi connectivity index (χ1v) is 8.67. The van der Waals surface area contributed by atoms with Crippen LogP contribution in [0, 0.1) is 16.0 Å². The largest absolute Gasteiger partial charge is 0.465 e. The van der Waals surface area contributed by atoms with E-state index in [1.807, 2.05) is 30.3 Å². The summed E-state index contributed by atoms with van der Waals surface area (Å²) in [6.45, 7) is 3.58. The smallest absolute Gasteiger partial charge is 0.317 e. The highest BCUT2D eigenvalue weighted by Crippen LogP contribution is 2.47. The van der Waals surface area contributed by atoms with Crippen LogP contribution in [0.3, 0.4) is 0 Å². The molecule has 2 atom stereocenters. The highest BCUT2D eigenvalue weighted by Gasteiger charge is 2.46. The molecule has 1 aliphatic carbocycles. The highest BCUT2D eigenvalue weighted by molar-refractivity contribution is 6.18. The van der Waals surface area contributed by atoms with Crippen LogP contribution in [0.2, 0.25) is 0 Å². The van der Waals surface area contributed by atoms with Crippen LogP contribution in [0.4, 0.5) is 5.69 Å². The number of esters is 1. The van der Waals surface area contributed by atoms with E-state index in [9.17, 15) is 19.7 Å². The van der Waals surface area contributed by atoms with Crippen LogP contribution in [0.15, 0.2) is 60.2 Å². The molecule has 3 rings (SSSR count). The number of benzene rings is 2. The summed E-state index contributed by atoms with van der Waals surface area (Å²) >= 11 is 0. The zero-order valence-corrected chi connectivity index (χ0v) is 15.0. The average Bonchev–Trinajstić information content (AvgIpc) is 2.94. The number of hydrogen-bond acceptors (Lipinski definition) is 5. The summed E-state index contributed by atoms with van der Waals surface area (Å²) in [5.41, 5.74) is 2.74. The van der Waals surface area contributed by atoms with Crippen LogP contribution in [0.5, 0.6) is 0 Å². The molecule has 2 aromatic carbocycles. The second kappa shape index (κ2) is 7.53. The molecule has 0 spiro atoms. The zero-order chi connectivity index (χ0) is 19.6. The maximum Gasteiger partial charge on any atom is 0.317 e. The van der Waals surface area contributed by atoms with E-state index in [2.05, 4.69) is 0 Å². The van der Waals surface area contributed by atoms with Gasteiger partial charge in [-0.3, -0.25) is 19.7 Å². The molecule has 1 aliphatic rings. The first-order chi connectivity index (χ1) is 13.0. The molecule has 0 saturated heterocycles. The summed E-state index contributed by atoms with van der Waals surface area (Å²) in [6.07, 6.45) is 0. The summed E-state index contributed by atoms with van der Waals surface area (Å²) in [5.74, 6) is -2.37. The fraction of sp³-hybridized carbons (Fsp3) is 0.238. The average molecular weight is 365 g/mol. The molecule has 0 aromatic heterocycles. The predicted octanol–water partition coefficient (Wildman–Crippen LogP) is 3.91. The van der Waals surface area contributed by atoms with Gasteiger partial charge in [-0.05, 0) is 36.1 Å². The van der Waals surface area contributed by atoms with Gasteiger partial charge in [0.25, 0.3) is 5.69 Å². The number of hydrogen-bond donors (Lipinski definition) is 0. The lowest BCUT2D eigenvalue weighted by Crippen LogP contribution is -2.28. The Labute approximate surface area is 156 Å². The van der Waals surface area contributed by atoms with Crippen molar-refractivity contribution in [3.05, 3.63) is 81.4 Å². The lowest BCUT2D eigenvalue weighted by molar-refractivity contribution is -0.384. The van der Waals surface area contributed by atoms with Crippen LogP contribution in [-0.4, -0.2) is 23.3 Å². The Kier molecular flexibility index (Phi) is 5.16. The van der Waals surface area contributed by atoms with E-state index in [1.165, 1.54) is 12.1 Å². The molecule has 2 aromatic rings. The number of rotatable bonds is 5. The van der Waals surface area contributed by atoms with E-state index in [0.717, 1.165) is 11.1 Å². The van der Waals surface area contributed by atoms with Crippen LogP contribution in [0.25, 0.3) is 5.57 Å². The van der Waals surface area contributed by atoms with Gasteiger partial charge in [0.1, 0.15) is 5.92 Å². The molecule has 0 fully saturated rings. The van der Waals surface area contributed by atoms with Gasteiger partial charge in [-0.2, -0.15) is 0 Å². The molecule has 6 heteroatoms. The molecule has 0 aliphatic heterocycles. The van der Waals surface area contributed by atoms with Crippen molar-refractivity contribution in [2.24, 2.45) is 5.92 Å². The molecule has 27 heavy (non-hydrogen) atoms. The van der Waals surface area contributed by atoms with Crippen LogP contribution >= 0.6 is 0 Å². The van der Waals surface area contributed by atoms with Gasteiger partial charge in [0.05, 0.1) is 11.5 Å². The summed E-state index contributed by atoms with van der Waals surface area (Å²) in [4.78, 5) is 35.9. The predicted molar refractivity (Wildman–Crippen MR) is 100 cm³/mol. The quantitative estimate of drug-likeness (QED) is 0.347. The van der Waals surface area contributed by atoms with Crippen molar-refractivity contribution >= 4 is 23.0 Å². The molecule has 0 radical (unpaired) electrons. The standard InChI is InChI=1S/C21H19NO5/c1-3-27-21(24)19-18(15-9-11-16(12-10-15)22(25)26)17(13(2)20(19)23)14-7-5-4-6-8-14/h4-12,18-19H,3H2,1-2H3/t18-,19+/m1/s1. The van der Waals surface area contributed by atoms with Crippen molar-refractivity contribution in [2.45, 2.75) is 19.8 Å². The summed E-state index contributed by atoms with van der Waals surface area (Å²) in [7, 11) is 0. The molecule has 0 N–H and O–H groups in total. The zero-order valence-electron chi connectivity index (χ0n) is 15.0. The molecule has 0 bridgehead atoms. The maximum absolute atomic E-state index is 12.9. The molecular weight excluding hydrogens is 346 g/mol. The van der Waals surface area contributed by atoms with Gasteiger partial charge in [0.2, 0.25) is 0 Å². The third-order valence-corrected chi connectivity index (χ3v) is 4.79. The van der Waals surface area contributed by atoms with E-state index in [4.69, 9.17) is 4.74 Å².